The second-order valence-corrected chi connectivity index (χ2v) is 3.90. The average molecular weight is 206 g/mol. The molecule has 15 heavy (non-hydrogen) atoms. The minimum absolute atomic E-state index is 0.00546. The molecule has 0 aromatic heterocycles. The van der Waals surface area contributed by atoms with Gasteiger partial charge in [-0.15, -0.1) is 6.58 Å². The van der Waals surface area contributed by atoms with Crippen molar-refractivity contribution < 1.29 is 9.84 Å². The van der Waals surface area contributed by atoms with Gasteiger partial charge in [0.15, 0.2) is 0 Å². The molecular formula is C13H18O2. The summed E-state index contributed by atoms with van der Waals surface area (Å²) < 4.78 is 5.07. The lowest BCUT2D eigenvalue weighted by molar-refractivity contribution is 0.0205. The number of methoxy groups -OCH3 is 1. The van der Waals surface area contributed by atoms with Crippen molar-refractivity contribution in [3.8, 4) is 5.75 Å². The van der Waals surface area contributed by atoms with E-state index in [1.165, 1.54) is 0 Å². The lowest BCUT2D eigenvalue weighted by Crippen LogP contribution is -2.28. The van der Waals surface area contributed by atoms with Crippen molar-refractivity contribution >= 4 is 0 Å². The molecular weight excluding hydrogens is 188 g/mol. The van der Waals surface area contributed by atoms with Gasteiger partial charge in [-0.05, 0) is 24.6 Å². The molecule has 2 atom stereocenters. The maximum atomic E-state index is 10.3. The van der Waals surface area contributed by atoms with E-state index in [2.05, 4.69) is 6.58 Å². The Morgan fingerprint density at radius 1 is 1.40 bits per heavy atom. The first-order chi connectivity index (χ1) is 7.02. The summed E-state index contributed by atoms with van der Waals surface area (Å²) in [5.74, 6) is 0.798. The fraction of sp³-hybridized carbons (Fsp3) is 0.385. The van der Waals surface area contributed by atoms with E-state index in [-0.39, 0.29) is 5.92 Å². The van der Waals surface area contributed by atoms with Crippen LogP contribution >= 0.6 is 0 Å². The van der Waals surface area contributed by atoms with Gasteiger partial charge in [0.25, 0.3) is 0 Å². The van der Waals surface area contributed by atoms with Crippen LogP contribution in [-0.4, -0.2) is 12.2 Å². The van der Waals surface area contributed by atoms with E-state index in [0.29, 0.717) is 0 Å². The van der Waals surface area contributed by atoms with E-state index in [1.807, 2.05) is 31.2 Å². The Labute approximate surface area is 91.2 Å². The maximum Gasteiger partial charge on any atom is 0.118 e. The molecule has 0 aliphatic heterocycles. The second-order valence-electron chi connectivity index (χ2n) is 3.90. The molecule has 0 unspecified atom stereocenters. The van der Waals surface area contributed by atoms with Gasteiger partial charge in [0, 0.05) is 5.92 Å². The zero-order valence-electron chi connectivity index (χ0n) is 9.53. The minimum atomic E-state index is -0.881. The third kappa shape index (κ3) is 2.39. The molecule has 0 spiro atoms. The van der Waals surface area contributed by atoms with Gasteiger partial charge in [0.2, 0.25) is 0 Å². The number of hydrogen-bond acceptors (Lipinski definition) is 2. The largest absolute Gasteiger partial charge is 0.497 e. The molecule has 0 heterocycles. The topological polar surface area (TPSA) is 29.5 Å². The molecule has 0 bridgehead atoms. The molecule has 2 nitrogen and oxygen atoms in total. The molecule has 1 N–H and O–H groups in total. The molecule has 0 aliphatic rings. The molecule has 0 amide bonds. The molecule has 0 radical (unpaired) electrons. The Morgan fingerprint density at radius 3 is 2.33 bits per heavy atom. The van der Waals surface area contributed by atoms with E-state index in [1.54, 1.807) is 20.1 Å². The highest BCUT2D eigenvalue weighted by Gasteiger charge is 2.28. The van der Waals surface area contributed by atoms with E-state index in [0.717, 1.165) is 11.3 Å². The highest BCUT2D eigenvalue weighted by Crippen LogP contribution is 2.30. The molecule has 1 rings (SSSR count). The Balaban J connectivity index is 2.99. The van der Waals surface area contributed by atoms with Crippen LogP contribution in [0.3, 0.4) is 0 Å². The molecule has 1 aromatic carbocycles. The molecule has 2 heteroatoms. The van der Waals surface area contributed by atoms with Gasteiger partial charge in [-0.25, -0.2) is 0 Å². The van der Waals surface area contributed by atoms with E-state index in [9.17, 15) is 5.11 Å². The van der Waals surface area contributed by atoms with Gasteiger partial charge in [0.05, 0.1) is 12.7 Å². The molecule has 0 aliphatic carbocycles. The van der Waals surface area contributed by atoms with Gasteiger partial charge in [0.1, 0.15) is 5.75 Å². The summed E-state index contributed by atoms with van der Waals surface area (Å²) in [6.07, 6.45) is 1.75. The predicted octanol–water partition coefficient (Wildman–Crippen LogP) is 2.72. The summed E-state index contributed by atoms with van der Waals surface area (Å²) in [5, 5.41) is 10.3. The van der Waals surface area contributed by atoms with Gasteiger partial charge in [-0.1, -0.05) is 25.1 Å². The van der Waals surface area contributed by atoms with Crippen LogP contribution in [0, 0.1) is 5.92 Å². The Hall–Kier alpha value is -1.28. The normalized spacial score (nSPS) is 16.5. The number of hydrogen-bond donors (Lipinski definition) is 1. The number of aliphatic hydroxyl groups is 1. The molecule has 0 fully saturated rings. The summed E-state index contributed by atoms with van der Waals surface area (Å²) in [4.78, 5) is 0. The van der Waals surface area contributed by atoms with Crippen LogP contribution in [0.4, 0.5) is 0 Å². The van der Waals surface area contributed by atoms with E-state index >= 15 is 0 Å². The van der Waals surface area contributed by atoms with Crippen molar-refractivity contribution in [2.24, 2.45) is 5.92 Å². The third-order valence-electron chi connectivity index (χ3n) is 2.91. The van der Waals surface area contributed by atoms with Crippen LogP contribution < -0.4 is 4.74 Å². The number of benzene rings is 1. The Kier molecular flexibility index (Phi) is 3.53. The first kappa shape index (κ1) is 11.8. The van der Waals surface area contributed by atoms with Crippen molar-refractivity contribution in [1.82, 2.24) is 0 Å². The predicted molar refractivity (Wildman–Crippen MR) is 61.9 cm³/mol. The minimum Gasteiger partial charge on any atom is -0.497 e. The molecule has 0 saturated carbocycles. The highest BCUT2D eigenvalue weighted by molar-refractivity contribution is 5.31. The SMILES string of the molecule is C=C[C@@H](C)[C@](C)(O)c1ccc(OC)cc1. The lowest BCUT2D eigenvalue weighted by atomic mass is 9.84. The van der Waals surface area contributed by atoms with E-state index < -0.39 is 5.60 Å². The smallest absolute Gasteiger partial charge is 0.118 e. The van der Waals surface area contributed by atoms with Crippen molar-refractivity contribution in [3.63, 3.8) is 0 Å². The molecule has 82 valence electrons. The van der Waals surface area contributed by atoms with Gasteiger partial charge in [-0.3, -0.25) is 0 Å². The summed E-state index contributed by atoms with van der Waals surface area (Å²) in [7, 11) is 1.62. The monoisotopic (exact) mass is 206 g/mol. The maximum absolute atomic E-state index is 10.3. The van der Waals surface area contributed by atoms with Crippen molar-refractivity contribution in [2.45, 2.75) is 19.4 Å². The number of rotatable bonds is 4. The van der Waals surface area contributed by atoms with Crippen LogP contribution in [0.1, 0.15) is 19.4 Å². The second kappa shape index (κ2) is 4.49. The summed E-state index contributed by atoms with van der Waals surface area (Å²) >= 11 is 0. The van der Waals surface area contributed by atoms with E-state index in [4.69, 9.17) is 4.74 Å². The fourth-order valence-corrected chi connectivity index (χ4v) is 1.42. The average Bonchev–Trinajstić information content (AvgIpc) is 2.28. The summed E-state index contributed by atoms with van der Waals surface area (Å²) in [6, 6.07) is 7.44. The highest BCUT2D eigenvalue weighted by atomic mass is 16.5. The first-order valence-electron chi connectivity index (χ1n) is 5.01. The number of ether oxygens (including phenoxy) is 1. The van der Waals surface area contributed by atoms with Crippen LogP contribution in [0.15, 0.2) is 36.9 Å². The summed E-state index contributed by atoms with van der Waals surface area (Å²) in [6.45, 7) is 7.44. The molecule has 1 aromatic rings. The quantitative estimate of drug-likeness (QED) is 0.767. The van der Waals surface area contributed by atoms with Crippen LogP contribution in [0.2, 0.25) is 0 Å². The van der Waals surface area contributed by atoms with Crippen molar-refractivity contribution in [1.29, 1.82) is 0 Å². The lowest BCUT2D eigenvalue weighted by Gasteiger charge is -2.28. The van der Waals surface area contributed by atoms with Crippen LogP contribution in [0.5, 0.6) is 5.75 Å². The van der Waals surface area contributed by atoms with Crippen LogP contribution in [0.25, 0.3) is 0 Å². The zero-order valence-corrected chi connectivity index (χ0v) is 9.53. The van der Waals surface area contributed by atoms with Crippen molar-refractivity contribution in [2.75, 3.05) is 7.11 Å². The standard InChI is InChI=1S/C13H18O2/c1-5-10(2)13(3,14)11-6-8-12(15-4)9-7-11/h5-10,14H,1H2,2-4H3/t10-,13+/m1/s1. The Bertz CT molecular complexity index is 325. The van der Waals surface area contributed by atoms with Gasteiger partial charge < -0.3 is 9.84 Å². The van der Waals surface area contributed by atoms with Crippen molar-refractivity contribution in [3.05, 3.63) is 42.5 Å². The Morgan fingerprint density at radius 2 is 1.93 bits per heavy atom. The first-order valence-corrected chi connectivity index (χ1v) is 5.01. The van der Waals surface area contributed by atoms with Crippen LogP contribution in [-0.2, 0) is 5.60 Å². The summed E-state index contributed by atoms with van der Waals surface area (Å²) in [5.41, 5.74) is -0.00991. The van der Waals surface area contributed by atoms with Gasteiger partial charge >= 0.3 is 0 Å². The zero-order chi connectivity index (χ0) is 11.5. The van der Waals surface area contributed by atoms with Gasteiger partial charge in [-0.2, -0.15) is 0 Å². The third-order valence-corrected chi connectivity index (χ3v) is 2.91. The molecule has 0 saturated heterocycles. The fourth-order valence-electron chi connectivity index (χ4n) is 1.42.